The van der Waals surface area contributed by atoms with E-state index in [9.17, 15) is 12.8 Å². The molecule has 0 saturated heterocycles. The molecule has 1 aromatic heterocycles. The van der Waals surface area contributed by atoms with Gasteiger partial charge in [0.2, 0.25) is 10.0 Å². The molecule has 1 heterocycles. The van der Waals surface area contributed by atoms with Gasteiger partial charge in [-0.2, -0.15) is 0 Å². The Bertz CT molecular complexity index is 857. The zero-order valence-electron chi connectivity index (χ0n) is 14.4. The molecule has 0 radical (unpaired) electrons. The van der Waals surface area contributed by atoms with Crippen LogP contribution in [-0.4, -0.2) is 43.8 Å². The van der Waals surface area contributed by atoms with Crippen molar-refractivity contribution in [2.24, 2.45) is 0 Å². The zero-order valence-corrected chi connectivity index (χ0v) is 15.2. The molecule has 140 valence electrons. The van der Waals surface area contributed by atoms with Crippen molar-refractivity contribution in [2.45, 2.75) is 24.8 Å². The van der Waals surface area contributed by atoms with Gasteiger partial charge >= 0.3 is 0 Å². The lowest BCUT2D eigenvalue weighted by Crippen LogP contribution is -2.45. The standard InChI is InChI=1S/C17H21FN4O3S/c1-19-17-10-15(20-11-21-17)12-8-13(9-12)22-26(23,24)7-6-25-16-5-3-2-4-14(16)18/h2-5,10-13,22H,6-9H2,1H3,(H,19,20,21). The van der Waals surface area contributed by atoms with E-state index in [0.29, 0.717) is 12.8 Å². The maximum absolute atomic E-state index is 13.4. The quantitative estimate of drug-likeness (QED) is 0.727. The van der Waals surface area contributed by atoms with Crippen LogP contribution in [0, 0.1) is 5.82 Å². The minimum Gasteiger partial charge on any atom is -0.489 e. The predicted molar refractivity (Wildman–Crippen MR) is 96.2 cm³/mol. The summed E-state index contributed by atoms with van der Waals surface area (Å²) in [6, 6.07) is 7.66. The highest BCUT2D eigenvalue weighted by molar-refractivity contribution is 7.89. The summed E-state index contributed by atoms with van der Waals surface area (Å²) >= 11 is 0. The first-order valence-electron chi connectivity index (χ1n) is 8.34. The maximum Gasteiger partial charge on any atom is 0.215 e. The van der Waals surface area contributed by atoms with Gasteiger partial charge in [0.05, 0.1) is 5.75 Å². The molecule has 2 aromatic rings. The summed E-state index contributed by atoms with van der Waals surface area (Å²) < 4.78 is 45.6. The second kappa shape index (κ2) is 7.96. The highest BCUT2D eigenvalue weighted by Crippen LogP contribution is 2.36. The number of sulfonamides is 1. The van der Waals surface area contributed by atoms with Crippen molar-refractivity contribution >= 4 is 15.8 Å². The van der Waals surface area contributed by atoms with Crippen molar-refractivity contribution in [3.63, 3.8) is 0 Å². The number of aromatic nitrogens is 2. The summed E-state index contributed by atoms with van der Waals surface area (Å²) in [5.74, 6) is 0.276. The van der Waals surface area contributed by atoms with Crippen LogP contribution in [0.4, 0.5) is 10.2 Å². The number of halogens is 1. The molecule has 1 aliphatic carbocycles. The third-order valence-corrected chi connectivity index (χ3v) is 5.69. The third kappa shape index (κ3) is 4.67. The SMILES string of the molecule is CNc1cc(C2CC(NS(=O)(=O)CCOc3ccccc3F)C2)ncn1. The molecular weight excluding hydrogens is 359 g/mol. The molecule has 0 bridgehead atoms. The minimum absolute atomic E-state index is 0.0514. The Morgan fingerprint density at radius 3 is 2.77 bits per heavy atom. The summed E-state index contributed by atoms with van der Waals surface area (Å²) in [4.78, 5) is 8.32. The zero-order chi connectivity index (χ0) is 18.6. The average molecular weight is 380 g/mol. The van der Waals surface area contributed by atoms with E-state index in [-0.39, 0.29) is 30.1 Å². The van der Waals surface area contributed by atoms with Crippen molar-refractivity contribution < 1.29 is 17.5 Å². The van der Waals surface area contributed by atoms with Crippen LogP contribution in [0.25, 0.3) is 0 Å². The lowest BCUT2D eigenvalue weighted by atomic mass is 9.78. The molecule has 2 N–H and O–H groups in total. The Balaban J connectivity index is 1.45. The summed E-state index contributed by atoms with van der Waals surface area (Å²) in [5, 5.41) is 2.96. The maximum atomic E-state index is 13.4. The van der Waals surface area contributed by atoms with Gasteiger partial charge in [0.25, 0.3) is 0 Å². The van der Waals surface area contributed by atoms with Crippen LogP contribution in [0.2, 0.25) is 0 Å². The van der Waals surface area contributed by atoms with E-state index < -0.39 is 15.8 Å². The predicted octanol–water partition coefficient (Wildman–Crippen LogP) is 1.90. The van der Waals surface area contributed by atoms with Crippen LogP contribution in [0.5, 0.6) is 5.75 Å². The number of anilines is 1. The van der Waals surface area contributed by atoms with E-state index in [1.807, 2.05) is 6.07 Å². The molecule has 0 spiro atoms. The minimum atomic E-state index is -3.49. The Hall–Kier alpha value is -2.26. The van der Waals surface area contributed by atoms with Gasteiger partial charge in [0.15, 0.2) is 11.6 Å². The second-order valence-corrected chi connectivity index (χ2v) is 8.03. The molecule has 0 atom stereocenters. The highest BCUT2D eigenvalue weighted by Gasteiger charge is 2.34. The number of rotatable bonds is 8. The number of benzene rings is 1. The summed E-state index contributed by atoms with van der Waals surface area (Å²) in [5.41, 5.74) is 0.905. The first-order chi connectivity index (χ1) is 12.5. The first kappa shape index (κ1) is 18.5. The Labute approximate surface area is 152 Å². The smallest absolute Gasteiger partial charge is 0.215 e. The lowest BCUT2D eigenvalue weighted by molar-refractivity contribution is 0.311. The Morgan fingerprint density at radius 1 is 1.27 bits per heavy atom. The van der Waals surface area contributed by atoms with Gasteiger partial charge in [0, 0.05) is 30.8 Å². The molecule has 7 nitrogen and oxygen atoms in total. The van der Waals surface area contributed by atoms with E-state index in [0.717, 1.165) is 11.5 Å². The fraction of sp³-hybridized carbons (Fsp3) is 0.412. The molecule has 9 heteroatoms. The van der Waals surface area contributed by atoms with Crippen molar-refractivity contribution in [1.29, 1.82) is 0 Å². The Morgan fingerprint density at radius 2 is 2.04 bits per heavy atom. The third-order valence-electron chi connectivity index (χ3n) is 4.29. The number of hydrogen-bond donors (Lipinski definition) is 2. The normalized spacial score (nSPS) is 19.6. The van der Waals surface area contributed by atoms with Crippen LogP contribution in [0.1, 0.15) is 24.5 Å². The molecular formula is C17H21FN4O3S. The number of hydrogen-bond acceptors (Lipinski definition) is 6. The largest absolute Gasteiger partial charge is 0.489 e. The van der Waals surface area contributed by atoms with Crippen LogP contribution in [0.15, 0.2) is 36.7 Å². The van der Waals surface area contributed by atoms with Crippen molar-refractivity contribution in [1.82, 2.24) is 14.7 Å². The molecule has 3 rings (SSSR count). The van der Waals surface area contributed by atoms with E-state index in [1.165, 1.54) is 18.5 Å². The number of nitrogens with one attached hydrogen (secondary N) is 2. The molecule has 1 aromatic carbocycles. The fourth-order valence-electron chi connectivity index (χ4n) is 2.82. The van der Waals surface area contributed by atoms with E-state index in [1.54, 1.807) is 19.2 Å². The molecule has 1 aliphatic rings. The summed E-state index contributed by atoms with van der Waals surface area (Å²) in [6.45, 7) is -0.107. The molecule has 0 aliphatic heterocycles. The monoisotopic (exact) mass is 380 g/mol. The fourth-order valence-corrected chi connectivity index (χ4v) is 3.94. The van der Waals surface area contributed by atoms with Gasteiger partial charge in [-0.1, -0.05) is 12.1 Å². The molecule has 1 fully saturated rings. The van der Waals surface area contributed by atoms with Crippen molar-refractivity contribution in [3.8, 4) is 5.75 Å². The second-order valence-electron chi connectivity index (χ2n) is 6.16. The topological polar surface area (TPSA) is 93.2 Å². The van der Waals surface area contributed by atoms with Crippen LogP contribution < -0.4 is 14.8 Å². The summed E-state index contributed by atoms with van der Waals surface area (Å²) in [7, 11) is -1.70. The van der Waals surface area contributed by atoms with Gasteiger partial charge in [-0.05, 0) is 25.0 Å². The van der Waals surface area contributed by atoms with E-state index in [2.05, 4.69) is 20.0 Å². The number of ether oxygens (including phenoxy) is 1. The molecule has 26 heavy (non-hydrogen) atoms. The molecule has 0 unspecified atom stereocenters. The van der Waals surface area contributed by atoms with Crippen LogP contribution in [0.3, 0.4) is 0 Å². The lowest BCUT2D eigenvalue weighted by Gasteiger charge is -2.35. The van der Waals surface area contributed by atoms with Crippen LogP contribution >= 0.6 is 0 Å². The number of para-hydroxylation sites is 1. The number of nitrogens with zero attached hydrogens (tertiary/aromatic N) is 2. The average Bonchev–Trinajstić information content (AvgIpc) is 2.59. The highest BCUT2D eigenvalue weighted by atomic mass is 32.2. The van der Waals surface area contributed by atoms with Gasteiger partial charge in [-0.15, -0.1) is 0 Å². The van der Waals surface area contributed by atoms with Gasteiger partial charge in [-0.3, -0.25) is 0 Å². The van der Waals surface area contributed by atoms with E-state index in [4.69, 9.17) is 4.74 Å². The van der Waals surface area contributed by atoms with Crippen molar-refractivity contribution in [2.75, 3.05) is 24.7 Å². The Kier molecular flexibility index (Phi) is 5.67. The van der Waals surface area contributed by atoms with Crippen LogP contribution in [-0.2, 0) is 10.0 Å². The summed E-state index contributed by atoms with van der Waals surface area (Å²) in [6.07, 6.45) is 2.87. The first-order valence-corrected chi connectivity index (χ1v) is 9.99. The van der Waals surface area contributed by atoms with Gasteiger partial charge < -0.3 is 10.1 Å². The van der Waals surface area contributed by atoms with E-state index >= 15 is 0 Å². The van der Waals surface area contributed by atoms with Crippen molar-refractivity contribution in [3.05, 3.63) is 48.2 Å². The van der Waals surface area contributed by atoms with Gasteiger partial charge in [-0.25, -0.2) is 27.5 Å². The molecule has 1 saturated carbocycles. The van der Waals surface area contributed by atoms with Gasteiger partial charge in [0.1, 0.15) is 18.8 Å². The molecule has 0 amide bonds.